The Labute approximate surface area is 145 Å². The summed E-state index contributed by atoms with van der Waals surface area (Å²) in [5, 5.41) is 13.0. The second-order valence-corrected chi connectivity index (χ2v) is 7.11. The number of thioether (sulfide) groups is 2. The number of carbonyl (C=O) groups excluding carboxylic acids is 1. The van der Waals surface area contributed by atoms with Gasteiger partial charge < -0.3 is 10.4 Å². The van der Waals surface area contributed by atoms with Crippen LogP contribution in [0.1, 0.15) is 28.9 Å². The van der Waals surface area contributed by atoms with Crippen molar-refractivity contribution >= 4 is 29.4 Å². The van der Waals surface area contributed by atoms with Crippen molar-refractivity contribution in [2.45, 2.75) is 22.8 Å². The molecule has 3 nitrogen and oxygen atoms in total. The van der Waals surface area contributed by atoms with E-state index in [1.54, 1.807) is 23.5 Å². The summed E-state index contributed by atoms with van der Waals surface area (Å²) in [5.41, 5.74) is 1.46. The highest BCUT2D eigenvalue weighted by Gasteiger charge is 2.13. The molecule has 2 N–H and O–H groups in total. The van der Waals surface area contributed by atoms with Gasteiger partial charge in [0.15, 0.2) is 0 Å². The molecule has 2 aromatic carbocycles. The molecular weight excluding hydrogens is 326 g/mol. The van der Waals surface area contributed by atoms with Crippen molar-refractivity contribution in [3.8, 4) is 0 Å². The van der Waals surface area contributed by atoms with Gasteiger partial charge in [-0.05, 0) is 41.8 Å². The van der Waals surface area contributed by atoms with Crippen molar-refractivity contribution in [3.63, 3.8) is 0 Å². The van der Waals surface area contributed by atoms with Crippen molar-refractivity contribution in [1.82, 2.24) is 5.32 Å². The highest BCUT2D eigenvalue weighted by atomic mass is 32.2. The zero-order chi connectivity index (χ0) is 16.7. The highest BCUT2D eigenvalue weighted by Crippen LogP contribution is 2.22. The lowest BCUT2D eigenvalue weighted by atomic mass is 10.1. The van der Waals surface area contributed by atoms with Crippen molar-refractivity contribution in [2.24, 2.45) is 0 Å². The number of benzene rings is 2. The predicted octanol–water partition coefficient (Wildman–Crippen LogP) is 3.98. The van der Waals surface area contributed by atoms with E-state index in [4.69, 9.17) is 0 Å². The van der Waals surface area contributed by atoms with E-state index in [1.807, 2.05) is 54.8 Å². The van der Waals surface area contributed by atoms with Gasteiger partial charge in [-0.2, -0.15) is 0 Å². The molecule has 0 bridgehead atoms. The summed E-state index contributed by atoms with van der Waals surface area (Å²) in [6.07, 6.45) is 1.30. The number of aliphatic hydroxyl groups is 1. The molecule has 0 aliphatic rings. The molecule has 122 valence electrons. The van der Waals surface area contributed by atoms with E-state index in [0.29, 0.717) is 5.56 Å². The van der Waals surface area contributed by atoms with E-state index < -0.39 is 6.10 Å². The standard InChI is InChI=1S/C18H21NO2S2/c1-3-23-17-7-5-4-6-15(17)18(21)19-12-16(20)13-8-10-14(22-2)11-9-13/h4-11,16,20H,3,12H2,1-2H3,(H,19,21). The highest BCUT2D eigenvalue weighted by molar-refractivity contribution is 7.99. The van der Waals surface area contributed by atoms with Crippen molar-refractivity contribution in [1.29, 1.82) is 0 Å². The Hall–Kier alpha value is -1.43. The molecule has 0 saturated carbocycles. The third-order valence-corrected chi connectivity index (χ3v) is 5.09. The molecule has 1 atom stereocenters. The molecule has 0 spiro atoms. The van der Waals surface area contributed by atoms with Gasteiger partial charge in [0.05, 0.1) is 11.7 Å². The minimum absolute atomic E-state index is 0.152. The van der Waals surface area contributed by atoms with Gasteiger partial charge in [0.1, 0.15) is 0 Å². The maximum absolute atomic E-state index is 12.3. The monoisotopic (exact) mass is 347 g/mol. The molecule has 0 saturated heterocycles. The normalized spacial score (nSPS) is 12.0. The minimum atomic E-state index is -0.708. The maximum atomic E-state index is 12.3. The first-order chi connectivity index (χ1) is 11.2. The van der Waals surface area contributed by atoms with Crippen LogP contribution < -0.4 is 5.32 Å². The van der Waals surface area contributed by atoms with Gasteiger partial charge in [-0.15, -0.1) is 23.5 Å². The van der Waals surface area contributed by atoms with Gasteiger partial charge in [-0.25, -0.2) is 0 Å². The molecule has 5 heteroatoms. The molecule has 0 radical (unpaired) electrons. The van der Waals surface area contributed by atoms with Crippen molar-refractivity contribution in [3.05, 3.63) is 59.7 Å². The number of aliphatic hydroxyl groups excluding tert-OH is 1. The summed E-state index contributed by atoms with van der Waals surface area (Å²) < 4.78 is 0. The smallest absolute Gasteiger partial charge is 0.252 e. The number of hydrogen-bond acceptors (Lipinski definition) is 4. The minimum Gasteiger partial charge on any atom is -0.387 e. The first-order valence-corrected chi connectivity index (χ1v) is 9.68. The Bertz CT molecular complexity index is 644. The number of hydrogen-bond donors (Lipinski definition) is 2. The summed E-state index contributed by atoms with van der Waals surface area (Å²) in [7, 11) is 0. The van der Waals surface area contributed by atoms with E-state index in [-0.39, 0.29) is 12.5 Å². The molecule has 1 amide bonds. The molecule has 0 aromatic heterocycles. The van der Waals surface area contributed by atoms with Gasteiger partial charge in [-0.3, -0.25) is 4.79 Å². The molecule has 0 aliphatic carbocycles. The average molecular weight is 348 g/mol. The Morgan fingerprint density at radius 2 is 1.87 bits per heavy atom. The Morgan fingerprint density at radius 1 is 1.17 bits per heavy atom. The molecule has 2 rings (SSSR count). The fourth-order valence-corrected chi connectivity index (χ4v) is 3.37. The van der Waals surface area contributed by atoms with Crippen LogP contribution in [0.5, 0.6) is 0 Å². The lowest BCUT2D eigenvalue weighted by Crippen LogP contribution is -2.28. The van der Waals surface area contributed by atoms with E-state index in [1.165, 1.54) is 0 Å². The molecule has 1 unspecified atom stereocenters. The van der Waals surface area contributed by atoms with Crippen LogP contribution in [0.2, 0.25) is 0 Å². The first-order valence-electron chi connectivity index (χ1n) is 7.47. The van der Waals surface area contributed by atoms with Crippen LogP contribution in [0.4, 0.5) is 0 Å². The summed E-state index contributed by atoms with van der Waals surface area (Å²) in [6.45, 7) is 2.25. The van der Waals surface area contributed by atoms with Gasteiger partial charge in [0, 0.05) is 16.3 Å². The van der Waals surface area contributed by atoms with Crippen molar-refractivity contribution < 1.29 is 9.90 Å². The van der Waals surface area contributed by atoms with E-state index in [9.17, 15) is 9.90 Å². The van der Waals surface area contributed by atoms with Crippen LogP contribution in [-0.4, -0.2) is 29.6 Å². The van der Waals surface area contributed by atoms with E-state index in [0.717, 1.165) is 21.1 Å². The molecule has 0 fully saturated rings. The maximum Gasteiger partial charge on any atom is 0.252 e. The number of amides is 1. The zero-order valence-corrected chi connectivity index (χ0v) is 14.9. The van der Waals surface area contributed by atoms with E-state index in [2.05, 4.69) is 12.2 Å². The van der Waals surface area contributed by atoms with Crippen LogP contribution >= 0.6 is 23.5 Å². The Kier molecular flexibility index (Phi) is 7.02. The quantitative estimate of drug-likeness (QED) is 0.744. The van der Waals surface area contributed by atoms with Crippen LogP contribution in [-0.2, 0) is 0 Å². The third kappa shape index (κ3) is 5.03. The summed E-state index contributed by atoms with van der Waals surface area (Å²) in [4.78, 5) is 14.5. The summed E-state index contributed by atoms with van der Waals surface area (Å²) in [5.74, 6) is 0.760. The molecule has 0 aliphatic heterocycles. The Balaban J connectivity index is 1.98. The average Bonchev–Trinajstić information content (AvgIpc) is 2.60. The second kappa shape index (κ2) is 9.01. The van der Waals surface area contributed by atoms with Gasteiger partial charge in [0.25, 0.3) is 5.91 Å². The number of nitrogens with one attached hydrogen (secondary N) is 1. The zero-order valence-electron chi connectivity index (χ0n) is 13.3. The largest absolute Gasteiger partial charge is 0.387 e. The fraction of sp³-hybridized carbons (Fsp3) is 0.278. The van der Waals surface area contributed by atoms with Gasteiger partial charge in [0.2, 0.25) is 0 Å². The third-order valence-electron chi connectivity index (χ3n) is 3.39. The molecule has 0 heterocycles. The lowest BCUT2D eigenvalue weighted by Gasteiger charge is -2.14. The first kappa shape index (κ1) is 17.9. The van der Waals surface area contributed by atoms with E-state index >= 15 is 0 Å². The Morgan fingerprint density at radius 3 is 2.52 bits per heavy atom. The van der Waals surface area contributed by atoms with Crippen LogP contribution in [0, 0.1) is 0 Å². The molecular formula is C18H21NO2S2. The predicted molar refractivity (Wildman–Crippen MR) is 98.4 cm³/mol. The fourth-order valence-electron chi connectivity index (χ4n) is 2.16. The molecule has 23 heavy (non-hydrogen) atoms. The van der Waals surface area contributed by atoms with Crippen LogP contribution in [0.3, 0.4) is 0 Å². The topological polar surface area (TPSA) is 49.3 Å². The summed E-state index contributed by atoms with van der Waals surface area (Å²) in [6, 6.07) is 15.3. The number of rotatable bonds is 7. The molecule has 2 aromatic rings. The second-order valence-electron chi connectivity index (χ2n) is 4.93. The van der Waals surface area contributed by atoms with Gasteiger partial charge >= 0.3 is 0 Å². The van der Waals surface area contributed by atoms with Crippen LogP contribution in [0.25, 0.3) is 0 Å². The number of carbonyl (C=O) groups is 1. The SMILES string of the molecule is CCSc1ccccc1C(=O)NCC(O)c1ccc(SC)cc1. The van der Waals surface area contributed by atoms with Gasteiger partial charge in [-0.1, -0.05) is 31.2 Å². The van der Waals surface area contributed by atoms with Crippen molar-refractivity contribution in [2.75, 3.05) is 18.6 Å². The van der Waals surface area contributed by atoms with Crippen LogP contribution in [0.15, 0.2) is 58.3 Å². The summed E-state index contributed by atoms with van der Waals surface area (Å²) >= 11 is 3.30. The lowest BCUT2D eigenvalue weighted by molar-refractivity contribution is 0.0913.